The van der Waals surface area contributed by atoms with E-state index in [-0.39, 0.29) is 11.6 Å². The minimum Gasteiger partial charge on any atom is -0.325 e. The normalized spacial score (nSPS) is 15.4. The molecule has 0 aromatic heterocycles. The van der Waals surface area contributed by atoms with Crippen molar-refractivity contribution in [3.8, 4) is 0 Å². The van der Waals surface area contributed by atoms with Gasteiger partial charge >= 0.3 is 0 Å². The van der Waals surface area contributed by atoms with Gasteiger partial charge in [-0.25, -0.2) is 0 Å². The number of nitrogens with one attached hydrogen (secondary N) is 1. The topological polar surface area (TPSA) is 78.7 Å². The van der Waals surface area contributed by atoms with Crippen molar-refractivity contribution in [2.45, 2.75) is 13.5 Å². The number of piperazine rings is 1. The predicted molar refractivity (Wildman–Crippen MR) is 105 cm³/mol. The summed E-state index contributed by atoms with van der Waals surface area (Å²) in [4.78, 5) is 27.0. The van der Waals surface area contributed by atoms with Crippen LogP contribution in [-0.2, 0) is 11.3 Å². The Morgan fingerprint density at radius 3 is 2.30 bits per heavy atom. The molecule has 1 heterocycles. The number of hydrogen-bond acceptors (Lipinski definition) is 5. The molecule has 0 saturated carbocycles. The zero-order valence-corrected chi connectivity index (χ0v) is 15.4. The number of carbonyl (C=O) groups excluding carboxylic acids is 1. The molecule has 2 aromatic rings. The van der Waals surface area contributed by atoms with Gasteiger partial charge in [0, 0.05) is 50.5 Å². The first-order valence-electron chi connectivity index (χ1n) is 9.05. The number of nitrogens with zero attached hydrogens (tertiary/aromatic N) is 3. The third-order valence-corrected chi connectivity index (χ3v) is 4.85. The maximum absolute atomic E-state index is 12.2. The molecule has 1 aliphatic heterocycles. The van der Waals surface area contributed by atoms with Crippen molar-refractivity contribution >= 4 is 17.3 Å². The van der Waals surface area contributed by atoms with Gasteiger partial charge in [-0.2, -0.15) is 0 Å². The fourth-order valence-corrected chi connectivity index (χ4v) is 3.20. The lowest BCUT2D eigenvalue weighted by Crippen LogP contribution is -2.48. The van der Waals surface area contributed by atoms with Gasteiger partial charge in [-0.3, -0.25) is 24.7 Å². The predicted octanol–water partition coefficient (Wildman–Crippen LogP) is 2.66. The van der Waals surface area contributed by atoms with Crippen molar-refractivity contribution < 1.29 is 9.72 Å². The van der Waals surface area contributed by atoms with E-state index in [1.807, 2.05) is 0 Å². The number of aryl methyl sites for hydroxylation is 1. The summed E-state index contributed by atoms with van der Waals surface area (Å²) < 4.78 is 0. The minimum atomic E-state index is -0.456. The Morgan fingerprint density at radius 2 is 1.67 bits per heavy atom. The van der Waals surface area contributed by atoms with Crippen LogP contribution >= 0.6 is 0 Å². The van der Waals surface area contributed by atoms with Crippen molar-refractivity contribution in [2.24, 2.45) is 0 Å². The molecule has 1 fully saturated rings. The lowest BCUT2D eigenvalue weighted by Gasteiger charge is -2.34. The SMILES string of the molecule is Cc1ccccc1CN1CCN(CC(=O)Nc2ccc([N+](=O)[O-])cc2)CC1. The number of hydrogen-bond donors (Lipinski definition) is 1. The lowest BCUT2D eigenvalue weighted by molar-refractivity contribution is -0.384. The molecule has 0 radical (unpaired) electrons. The number of nitro groups is 1. The summed E-state index contributed by atoms with van der Waals surface area (Å²) >= 11 is 0. The Balaban J connectivity index is 1.44. The van der Waals surface area contributed by atoms with Gasteiger partial charge in [0.15, 0.2) is 0 Å². The molecule has 2 aromatic carbocycles. The quantitative estimate of drug-likeness (QED) is 0.626. The van der Waals surface area contributed by atoms with Gasteiger partial charge in [0.2, 0.25) is 5.91 Å². The van der Waals surface area contributed by atoms with Crippen LogP contribution in [0.2, 0.25) is 0 Å². The van der Waals surface area contributed by atoms with Gasteiger partial charge in [0.05, 0.1) is 11.5 Å². The molecule has 0 bridgehead atoms. The van der Waals surface area contributed by atoms with Crippen molar-refractivity contribution in [1.82, 2.24) is 9.80 Å². The number of anilines is 1. The zero-order valence-electron chi connectivity index (χ0n) is 15.4. The third kappa shape index (κ3) is 5.35. The number of nitro benzene ring substituents is 1. The van der Waals surface area contributed by atoms with E-state index < -0.39 is 4.92 Å². The molecule has 142 valence electrons. The van der Waals surface area contributed by atoms with E-state index in [0.717, 1.165) is 32.7 Å². The molecule has 0 unspecified atom stereocenters. The summed E-state index contributed by atoms with van der Waals surface area (Å²) in [6.45, 7) is 6.95. The molecule has 0 aliphatic carbocycles. The Labute approximate surface area is 158 Å². The van der Waals surface area contributed by atoms with Crippen molar-refractivity contribution in [3.63, 3.8) is 0 Å². The smallest absolute Gasteiger partial charge is 0.269 e. The molecule has 1 N–H and O–H groups in total. The average Bonchev–Trinajstić information content (AvgIpc) is 2.65. The Hall–Kier alpha value is -2.77. The van der Waals surface area contributed by atoms with Crippen LogP contribution < -0.4 is 5.32 Å². The van der Waals surface area contributed by atoms with Crippen molar-refractivity contribution in [3.05, 3.63) is 69.8 Å². The minimum absolute atomic E-state index is 0.0118. The number of rotatable bonds is 6. The van der Waals surface area contributed by atoms with Gasteiger partial charge in [-0.05, 0) is 30.2 Å². The molecular formula is C20H24N4O3. The van der Waals surface area contributed by atoms with Crippen LogP contribution in [0.4, 0.5) is 11.4 Å². The van der Waals surface area contributed by atoms with Gasteiger partial charge in [0.25, 0.3) is 5.69 Å². The number of amides is 1. The van der Waals surface area contributed by atoms with Crippen LogP contribution in [0.1, 0.15) is 11.1 Å². The zero-order chi connectivity index (χ0) is 19.2. The Morgan fingerprint density at radius 1 is 1.04 bits per heavy atom. The molecule has 0 atom stereocenters. The number of non-ortho nitro benzene ring substituents is 1. The summed E-state index contributed by atoms with van der Waals surface area (Å²) in [5.41, 5.74) is 3.24. The second kappa shape index (κ2) is 8.75. The fourth-order valence-electron chi connectivity index (χ4n) is 3.20. The van der Waals surface area contributed by atoms with Crippen LogP contribution in [0.15, 0.2) is 48.5 Å². The van der Waals surface area contributed by atoms with Gasteiger partial charge < -0.3 is 5.32 Å². The van der Waals surface area contributed by atoms with Crippen LogP contribution in [0.3, 0.4) is 0 Å². The van der Waals surface area contributed by atoms with Crippen molar-refractivity contribution in [1.29, 1.82) is 0 Å². The molecule has 1 amide bonds. The van der Waals surface area contributed by atoms with E-state index in [4.69, 9.17) is 0 Å². The summed E-state index contributed by atoms with van der Waals surface area (Å²) in [5.74, 6) is -0.101. The van der Waals surface area contributed by atoms with E-state index in [1.54, 1.807) is 12.1 Å². The van der Waals surface area contributed by atoms with E-state index in [2.05, 4.69) is 46.3 Å². The maximum atomic E-state index is 12.2. The highest BCUT2D eigenvalue weighted by atomic mass is 16.6. The molecule has 27 heavy (non-hydrogen) atoms. The molecule has 7 nitrogen and oxygen atoms in total. The van der Waals surface area contributed by atoms with Gasteiger partial charge in [-0.1, -0.05) is 24.3 Å². The highest BCUT2D eigenvalue weighted by Crippen LogP contribution is 2.16. The number of carbonyl (C=O) groups is 1. The Kier molecular flexibility index (Phi) is 6.16. The van der Waals surface area contributed by atoms with Gasteiger partial charge in [0.1, 0.15) is 0 Å². The summed E-state index contributed by atoms with van der Waals surface area (Å²) in [7, 11) is 0. The van der Waals surface area contributed by atoms with Crippen LogP contribution in [0.5, 0.6) is 0 Å². The highest BCUT2D eigenvalue weighted by Gasteiger charge is 2.19. The lowest BCUT2D eigenvalue weighted by atomic mass is 10.1. The van der Waals surface area contributed by atoms with Crippen LogP contribution in [0.25, 0.3) is 0 Å². The first-order valence-corrected chi connectivity index (χ1v) is 9.05. The molecule has 0 spiro atoms. The highest BCUT2D eigenvalue weighted by molar-refractivity contribution is 5.92. The van der Waals surface area contributed by atoms with E-state index in [9.17, 15) is 14.9 Å². The van der Waals surface area contributed by atoms with Crippen molar-refractivity contribution in [2.75, 3.05) is 38.0 Å². The van der Waals surface area contributed by atoms with Crippen LogP contribution in [0, 0.1) is 17.0 Å². The van der Waals surface area contributed by atoms with E-state index in [1.165, 1.54) is 23.3 Å². The van der Waals surface area contributed by atoms with E-state index in [0.29, 0.717) is 12.2 Å². The largest absolute Gasteiger partial charge is 0.325 e. The maximum Gasteiger partial charge on any atom is 0.269 e. The first-order chi connectivity index (χ1) is 13.0. The molecule has 7 heteroatoms. The average molecular weight is 368 g/mol. The molecular weight excluding hydrogens is 344 g/mol. The molecule has 3 rings (SSSR count). The summed E-state index contributed by atoms with van der Waals surface area (Å²) in [6.07, 6.45) is 0. The van der Waals surface area contributed by atoms with Gasteiger partial charge in [-0.15, -0.1) is 0 Å². The third-order valence-electron chi connectivity index (χ3n) is 4.85. The molecule has 1 aliphatic rings. The standard InChI is InChI=1S/C20H24N4O3/c1-16-4-2-3-5-17(16)14-22-10-12-23(13-11-22)15-20(25)21-18-6-8-19(9-7-18)24(26)27/h2-9H,10-15H2,1H3,(H,21,25). The number of benzene rings is 2. The summed E-state index contributed by atoms with van der Waals surface area (Å²) in [5, 5.41) is 13.5. The van der Waals surface area contributed by atoms with Crippen LogP contribution in [-0.4, -0.2) is 53.4 Å². The second-order valence-electron chi connectivity index (χ2n) is 6.83. The first kappa shape index (κ1) is 19.0. The second-order valence-corrected chi connectivity index (χ2v) is 6.83. The fraction of sp³-hybridized carbons (Fsp3) is 0.350. The van der Waals surface area contributed by atoms with E-state index >= 15 is 0 Å². The molecule has 1 saturated heterocycles. The Bertz CT molecular complexity index is 799. The summed E-state index contributed by atoms with van der Waals surface area (Å²) in [6, 6.07) is 14.3. The monoisotopic (exact) mass is 368 g/mol.